The first-order valence-electron chi connectivity index (χ1n) is 11.6. The van der Waals surface area contributed by atoms with Gasteiger partial charge in [0.15, 0.2) is 5.75 Å². The summed E-state index contributed by atoms with van der Waals surface area (Å²) in [5.74, 6) is 1.14. The summed E-state index contributed by atoms with van der Waals surface area (Å²) in [6.07, 6.45) is 1.99. The number of hydrogen-bond donors (Lipinski definition) is 2. The first-order valence-corrected chi connectivity index (χ1v) is 13.6. The number of carboxylic acid groups (broad SMARTS) is 2. The van der Waals surface area contributed by atoms with Crippen LogP contribution in [0.4, 0.5) is 0 Å². The van der Waals surface area contributed by atoms with Crippen molar-refractivity contribution in [3.8, 4) is 23.0 Å². The maximum Gasteiger partial charge on any atom is 0.328 e. The number of carboxylic acids is 2. The van der Waals surface area contributed by atoms with Crippen LogP contribution in [0.2, 0.25) is 10.0 Å². The van der Waals surface area contributed by atoms with E-state index in [1.165, 1.54) is 0 Å². The normalized spacial score (nSPS) is 10.8. The maximum atomic E-state index is 9.55. The number of aliphatic carboxylic acids is 2. The molecule has 13 heteroatoms. The molecular formula is C26H29Cl2N3O7S. The Bertz CT molecular complexity index is 1180. The number of rotatable bonds is 14. The molecule has 0 unspecified atom stereocenters. The van der Waals surface area contributed by atoms with Gasteiger partial charge in [-0.15, -0.1) is 22.0 Å². The Balaban J connectivity index is 0.000000580. The van der Waals surface area contributed by atoms with E-state index in [2.05, 4.69) is 15.1 Å². The van der Waals surface area contributed by atoms with Gasteiger partial charge in [0.1, 0.15) is 5.75 Å². The highest BCUT2D eigenvalue weighted by molar-refractivity contribution is 7.98. The van der Waals surface area contributed by atoms with Gasteiger partial charge in [-0.25, -0.2) is 9.59 Å². The van der Waals surface area contributed by atoms with Gasteiger partial charge in [-0.2, -0.15) is 0 Å². The van der Waals surface area contributed by atoms with Gasteiger partial charge in [-0.1, -0.05) is 41.4 Å². The minimum Gasteiger partial charge on any atom is -0.493 e. The van der Waals surface area contributed by atoms with E-state index < -0.39 is 11.9 Å². The topological polar surface area (TPSA) is 135 Å². The lowest BCUT2D eigenvalue weighted by atomic mass is 10.2. The Labute approximate surface area is 240 Å². The van der Waals surface area contributed by atoms with Crippen molar-refractivity contribution in [2.75, 3.05) is 39.6 Å². The van der Waals surface area contributed by atoms with E-state index in [1.54, 1.807) is 23.9 Å². The second-order valence-electron chi connectivity index (χ2n) is 8.00. The van der Waals surface area contributed by atoms with Crippen molar-refractivity contribution in [1.29, 1.82) is 0 Å². The van der Waals surface area contributed by atoms with Gasteiger partial charge in [0, 0.05) is 30.0 Å². The van der Waals surface area contributed by atoms with Crippen molar-refractivity contribution in [3.63, 3.8) is 0 Å². The van der Waals surface area contributed by atoms with Gasteiger partial charge < -0.3 is 29.0 Å². The fraction of sp³-hybridized carbons (Fsp3) is 0.308. The highest BCUT2D eigenvalue weighted by Crippen LogP contribution is 2.37. The van der Waals surface area contributed by atoms with Crippen molar-refractivity contribution < 1.29 is 33.7 Å². The average molecular weight is 599 g/mol. The van der Waals surface area contributed by atoms with Gasteiger partial charge >= 0.3 is 11.9 Å². The third-order valence-electron chi connectivity index (χ3n) is 4.54. The summed E-state index contributed by atoms with van der Waals surface area (Å²) in [4.78, 5) is 21.2. The number of aromatic nitrogens is 2. The van der Waals surface area contributed by atoms with E-state index >= 15 is 0 Å². The van der Waals surface area contributed by atoms with Gasteiger partial charge in [-0.05, 0) is 44.8 Å². The molecule has 0 aliphatic rings. The quantitative estimate of drug-likeness (QED) is 0.182. The molecule has 2 aromatic carbocycles. The first-order chi connectivity index (χ1) is 18.7. The number of para-hydroxylation sites is 1. The molecule has 0 amide bonds. The lowest BCUT2D eigenvalue weighted by Crippen LogP contribution is -2.15. The zero-order valence-corrected chi connectivity index (χ0v) is 23.7. The third-order valence-corrected chi connectivity index (χ3v) is 6.01. The Morgan fingerprint density at radius 1 is 1.00 bits per heavy atom. The molecule has 10 nitrogen and oxygen atoms in total. The lowest BCUT2D eigenvalue weighted by Gasteiger charge is -2.13. The van der Waals surface area contributed by atoms with Crippen LogP contribution in [-0.2, 0) is 15.3 Å². The van der Waals surface area contributed by atoms with Gasteiger partial charge in [0.25, 0.3) is 0 Å². The summed E-state index contributed by atoms with van der Waals surface area (Å²) < 4.78 is 17.2. The Hall–Kier alpha value is -3.25. The minimum atomic E-state index is -1.26. The number of hydrogen-bond acceptors (Lipinski definition) is 9. The molecule has 0 bridgehead atoms. The Morgan fingerprint density at radius 2 is 1.64 bits per heavy atom. The van der Waals surface area contributed by atoms with Crippen LogP contribution < -0.4 is 9.47 Å². The van der Waals surface area contributed by atoms with E-state index in [1.807, 2.05) is 44.4 Å². The third kappa shape index (κ3) is 12.9. The molecule has 0 saturated carbocycles. The molecular weight excluding hydrogens is 569 g/mol. The van der Waals surface area contributed by atoms with Crippen LogP contribution in [0.5, 0.6) is 11.5 Å². The molecule has 1 heterocycles. The maximum absolute atomic E-state index is 9.55. The standard InChI is InChI=1S/C22H25Cl2N3O3S.C4H4O4/c1-27(2)9-6-10-29-21-18(23)13-16(14-19(21)24)22-26-25-20(30-22)15-31-12-11-28-17-7-4-3-5-8-17;5-3(6)1-2-4(7)8/h3-5,7-8,13-14H,6,9-12,15H2,1-2H3;1-2H,(H,5,6)(H,7,8)/b;2-1+. The number of carbonyl (C=O) groups is 2. The van der Waals surface area contributed by atoms with Crippen LogP contribution in [0.25, 0.3) is 11.5 Å². The number of benzene rings is 2. The molecule has 3 rings (SSSR count). The number of thioether (sulfide) groups is 1. The van der Waals surface area contributed by atoms with Crippen LogP contribution in [0.1, 0.15) is 12.3 Å². The molecule has 210 valence electrons. The van der Waals surface area contributed by atoms with Gasteiger partial charge in [0.2, 0.25) is 11.8 Å². The second kappa shape index (κ2) is 17.4. The zero-order chi connectivity index (χ0) is 28.6. The van der Waals surface area contributed by atoms with Crippen molar-refractivity contribution in [3.05, 3.63) is 70.6 Å². The molecule has 0 spiro atoms. The van der Waals surface area contributed by atoms with Gasteiger partial charge in [0.05, 0.1) is 29.0 Å². The first kappa shape index (κ1) is 32.0. The van der Waals surface area contributed by atoms with Crippen molar-refractivity contribution in [2.24, 2.45) is 0 Å². The zero-order valence-electron chi connectivity index (χ0n) is 21.4. The van der Waals surface area contributed by atoms with Crippen LogP contribution >= 0.6 is 35.0 Å². The predicted molar refractivity (Wildman–Crippen MR) is 151 cm³/mol. The van der Waals surface area contributed by atoms with E-state index in [4.69, 9.17) is 47.3 Å². The summed E-state index contributed by atoms with van der Waals surface area (Å²) in [5, 5.41) is 24.7. The number of nitrogens with zero attached hydrogens (tertiary/aromatic N) is 3. The average Bonchev–Trinajstić information content (AvgIpc) is 3.36. The van der Waals surface area contributed by atoms with Crippen LogP contribution in [0.3, 0.4) is 0 Å². The second-order valence-corrected chi connectivity index (χ2v) is 9.92. The van der Waals surface area contributed by atoms with Crippen molar-refractivity contribution in [1.82, 2.24) is 15.1 Å². The van der Waals surface area contributed by atoms with Crippen LogP contribution in [-0.4, -0.2) is 76.9 Å². The molecule has 39 heavy (non-hydrogen) atoms. The monoisotopic (exact) mass is 597 g/mol. The lowest BCUT2D eigenvalue weighted by molar-refractivity contribution is -0.134. The van der Waals surface area contributed by atoms with E-state index in [0.717, 1.165) is 24.5 Å². The fourth-order valence-electron chi connectivity index (χ4n) is 2.84. The molecule has 2 N–H and O–H groups in total. The van der Waals surface area contributed by atoms with E-state index in [0.29, 0.717) is 64.3 Å². The summed E-state index contributed by atoms with van der Waals surface area (Å²) in [7, 11) is 4.04. The molecule has 0 fully saturated rings. The molecule has 0 saturated heterocycles. The summed E-state index contributed by atoms with van der Waals surface area (Å²) in [6, 6.07) is 13.2. The highest BCUT2D eigenvalue weighted by Gasteiger charge is 2.15. The molecule has 0 aliphatic carbocycles. The highest BCUT2D eigenvalue weighted by atomic mass is 35.5. The minimum absolute atomic E-state index is 0.374. The Kier molecular flexibility index (Phi) is 14.2. The van der Waals surface area contributed by atoms with Crippen molar-refractivity contribution in [2.45, 2.75) is 12.2 Å². The molecule has 0 atom stereocenters. The predicted octanol–water partition coefficient (Wildman–Crippen LogP) is 5.40. The van der Waals surface area contributed by atoms with E-state index in [9.17, 15) is 9.59 Å². The molecule has 3 aromatic rings. The van der Waals surface area contributed by atoms with Gasteiger partial charge in [-0.3, -0.25) is 0 Å². The fourth-order valence-corrected chi connectivity index (χ4v) is 4.08. The van der Waals surface area contributed by atoms with E-state index in [-0.39, 0.29) is 0 Å². The summed E-state index contributed by atoms with van der Waals surface area (Å²) in [6.45, 7) is 2.07. The van der Waals surface area contributed by atoms with Crippen LogP contribution in [0.15, 0.2) is 59.0 Å². The van der Waals surface area contributed by atoms with Crippen molar-refractivity contribution >= 4 is 46.9 Å². The number of halogens is 2. The number of ether oxygens (including phenoxy) is 2. The Morgan fingerprint density at radius 3 is 2.23 bits per heavy atom. The van der Waals surface area contributed by atoms with Crippen LogP contribution in [0, 0.1) is 0 Å². The molecule has 1 aromatic heterocycles. The largest absolute Gasteiger partial charge is 0.493 e. The summed E-state index contributed by atoms with van der Waals surface area (Å²) >= 11 is 14.4. The summed E-state index contributed by atoms with van der Waals surface area (Å²) in [5.41, 5.74) is 0.659. The molecule has 0 aliphatic heterocycles. The molecule has 0 radical (unpaired) electrons. The smallest absolute Gasteiger partial charge is 0.328 e. The SMILES string of the molecule is CN(C)CCCOc1c(Cl)cc(-c2nnc(CSCCOc3ccccc3)o2)cc1Cl.O=C(O)/C=C/C(=O)O.